The van der Waals surface area contributed by atoms with Gasteiger partial charge in [-0.3, -0.25) is 4.90 Å². The van der Waals surface area contributed by atoms with Gasteiger partial charge in [0.15, 0.2) is 11.6 Å². The molecule has 2 aromatic rings. The van der Waals surface area contributed by atoms with Gasteiger partial charge >= 0.3 is 6.09 Å². The number of benzene rings is 2. The van der Waals surface area contributed by atoms with E-state index in [0.29, 0.717) is 0 Å². The first-order chi connectivity index (χ1) is 11.4. The van der Waals surface area contributed by atoms with E-state index in [1.165, 1.54) is 25.3 Å². The summed E-state index contributed by atoms with van der Waals surface area (Å²) in [4.78, 5) is 13.0. The molecule has 0 spiro atoms. The van der Waals surface area contributed by atoms with E-state index in [1.807, 2.05) is 0 Å². The molecule has 0 radical (unpaired) electrons. The van der Waals surface area contributed by atoms with Crippen molar-refractivity contribution in [3.05, 3.63) is 53.3 Å². The van der Waals surface area contributed by atoms with Gasteiger partial charge in [0, 0.05) is 5.69 Å². The number of amides is 1. The number of nitrogen functional groups attached to an aromatic ring is 1. The van der Waals surface area contributed by atoms with Gasteiger partial charge in [0.25, 0.3) is 0 Å². The SMILES string of the molecule is COC(=O)N(Cc1c(OC)ccc(F)c1F)c1ccc(F)c(N)c1. The number of halogens is 3. The molecule has 0 aliphatic carbocycles. The number of rotatable bonds is 4. The molecule has 0 atom stereocenters. The van der Waals surface area contributed by atoms with Crippen molar-refractivity contribution in [1.29, 1.82) is 0 Å². The maximum atomic E-state index is 14.1. The Balaban J connectivity index is 2.49. The van der Waals surface area contributed by atoms with Crippen LogP contribution in [0.15, 0.2) is 30.3 Å². The lowest BCUT2D eigenvalue weighted by atomic mass is 10.1. The van der Waals surface area contributed by atoms with Crippen LogP contribution in [0.5, 0.6) is 5.75 Å². The summed E-state index contributed by atoms with van der Waals surface area (Å²) in [5.41, 5.74) is 5.26. The van der Waals surface area contributed by atoms with Gasteiger partial charge < -0.3 is 15.2 Å². The van der Waals surface area contributed by atoms with E-state index >= 15 is 0 Å². The lowest BCUT2D eigenvalue weighted by Crippen LogP contribution is -2.31. The molecular formula is C16H15F3N2O3. The minimum atomic E-state index is -1.15. The second-order valence-electron chi connectivity index (χ2n) is 4.80. The zero-order valence-corrected chi connectivity index (χ0v) is 13.0. The maximum Gasteiger partial charge on any atom is 0.414 e. The Morgan fingerprint density at radius 1 is 1.12 bits per heavy atom. The minimum absolute atomic E-state index is 0.0536. The van der Waals surface area contributed by atoms with Crippen LogP contribution < -0.4 is 15.4 Å². The largest absolute Gasteiger partial charge is 0.496 e. The number of anilines is 2. The Hall–Kier alpha value is -2.90. The first-order valence-corrected chi connectivity index (χ1v) is 6.80. The molecule has 2 N–H and O–H groups in total. The Morgan fingerprint density at radius 3 is 2.38 bits per heavy atom. The van der Waals surface area contributed by atoms with E-state index in [9.17, 15) is 18.0 Å². The summed E-state index contributed by atoms with van der Waals surface area (Å²) in [7, 11) is 2.41. The summed E-state index contributed by atoms with van der Waals surface area (Å²) >= 11 is 0. The highest BCUT2D eigenvalue weighted by atomic mass is 19.2. The van der Waals surface area contributed by atoms with Crippen LogP contribution in [-0.2, 0) is 11.3 Å². The van der Waals surface area contributed by atoms with Gasteiger partial charge in [-0.25, -0.2) is 18.0 Å². The lowest BCUT2D eigenvalue weighted by Gasteiger charge is -2.23. The molecule has 0 bridgehead atoms. The molecule has 0 heterocycles. The van der Waals surface area contributed by atoms with E-state index in [1.54, 1.807) is 0 Å². The number of carbonyl (C=O) groups is 1. The molecule has 5 nitrogen and oxygen atoms in total. The number of nitrogens with zero attached hydrogens (tertiary/aromatic N) is 1. The second kappa shape index (κ2) is 7.12. The van der Waals surface area contributed by atoms with Crippen molar-refractivity contribution < 1.29 is 27.4 Å². The fourth-order valence-electron chi connectivity index (χ4n) is 2.14. The van der Waals surface area contributed by atoms with Crippen LogP contribution in [0.1, 0.15) is 5.56 Å². The summed E-state index contributed by atoms with van der Waals surface area (Å²) in [6.07, 6.45) is -0.855. The number of nitrogens with two attached hydrogens (primary N) is 1. The number of carbonyl (C=O) groups excluding carboxylic acids is 1. The van der Waals surface area contributed by atoms with Crippen LogP contribution in [0.2, 0.25) is 0 Å². The Morgan fingerprint density at radius 2 is 1.79 bits per heavy atom. The highest BCUT2D eigenvalue weighted by Crippen LogP contribution is 2.29. The van der Waals surface area contributed by atoms with Gasteiger partial charge in [-0.15, -0.1) is 0 Å². The van der Waals surface area contributed by atoms with Crippen molar-refractivity contribution in [2.45, 2.75) is 6.54 Å². The monoisotopic (exact) mass is 340 g/mol. The molecule has 2 rings (SSSR count). The predicted octanol–water partition coefficient (Wildman–Crippen LogP) is 3.47. The highest BCUT2D eigenvalue weighted by Gasteiger charge is 2.23. The van der Waals surface area contributed by atoms with Crippen LogP contribution >= 0.6 is 0 Å². The van der Waals surface area contributed by atoms with Crippen molar-refractivity contribution in [2.75, 3.05) is 24.9 Å². The molecule has 1 amide bonds. The quantitative estimate of drug-likeness (QED) is 0.866. The minimum Gasteiger partial charge on any atom is -0.496 e. The van der Waals surface area contributed by atoms with Crippen molar-refractivity contribution in [3.63, 3.8) is 0 Å². The first-order valence-electron chi connectivity index (χ1n) is 6.80. The molecule has 2 aromatic carbocycles. The Kier molecular flexibility index (Phi) is 5.18. The molecule has 0 saturated carbocycles. The topological polar surface area (TPSA) is 64.8 Å². The number of hydrogen-bond donors (Lipinski definition) is 1. The molecule has 0 unspecified atom stereocenters. The average molecular weight is 340 g/mol. The molecule has 24 heavy (non-hydrogen) atoms. The summed E-state index contributed by atoms with van der Waals surface area (Å²) in [6, 6.07) is 5.67. The smallest absolute Gasteiger partial charge is 0.414 e. The third kappa shape index (κ3) is 3.37. The maximum absolute atomic E-state index is 14.1. The summed E-state index contributed by atoms with van der Waals surface area (Å²) in [6.45, 7) is -0.398. The van der Waals surface area contributed by atoms with Crippen LogP contribution in [0.4, 0.5) is 29.3 Å². The van der Waals surface area contributed by atoms with Gasteiger partial charge in [0.05, 0.1) is 32.0 Å². The third-order valence-electron chi connectivity index (χ3n) is 3.38. The van der Waals surface area contributed by atoms with E-state index in [-0.39, 0.29) is 22.7 Å². The molecule has 0 aliphatic heterocycles. The van der Waals surface area contributed by atoms with Crippen molar-refractivity contribution in [2.24, 2.45) is 0 Å². The van der Waals surface area contributed by atoms with Gasteiger partial charge in [-0.05, 0) is 30.3 Å². The summed E-state index contributed by atoms with van der Waals surface area (Å²) in [5.74, 6) is -2.86. The van der Waals surface area contributed by atoms with Gasteiger partial charge in [-0.1, -0.05) is 0 Å². The molecular weight excluding hydrogens is 325 g/mol. The van der Waals surface area contributed by atoms with Crippen LogP contribution in [-0.4, -0.2) is 20.3 Å². The van der Waals surface area contributed by atoms with E-state index < -0.39 is 30.1 Å². The zero-order chi connectivity index (χ0) is 17.9. The average Bonchev–Trinajstić information content (AvgIpc) is 2.58. The van der Waals surface area contributed by atoms with Crippen LogP contribution in [0.3, 0.4) is 0 Å². The number of hydrogen-bond acceptors (Lipinski definition) is 4. The van der Waals surface area contributed by atoms with Crippen molar-refractivity contribution in [1.82, 2.24) is 0 Å². The van der Waals surface area contributed by atoms with Crippen LogP contribution in [0.25, 0.3) is 0 Å². The lowest BCUT2D eigenvalue weighted by molar-refractivity contribution is 0.178. The van der Waals surface area contributed by atoms with Gasteiger partial charge in [0.1, 0.15) is 11.6 Å². The van der Waals surface area contributed by atoms with Gasteiger partial charge in [-0.2, -0.15) is 0 Å². The molecule has 8 heteroatoms. The van der Waals surface area contributed by atoms with Crippen LogP contribution in [0, 0.1) is 17.5 Å². The molecule has 0 aromatic heterocycles. The molecule has 0 fully saturated rings. The van der Waals surface area contributed by atoms with Gasteiger partial charge in [0.2, 0.25) is 0 Å². The highest BCUT2D eigenvalue weighted by molar-refractivity contribution is 5.88. The van der Waals surface area contributed by atoms with Crippen molar-refractivity contribution in [3.8, 4) is 5.75 Å². The number of methoxy groups -OCH3 is 2. The third-order valence-corrected chi connectivity index (χ3v) is 3.38. The second-order valence-corrected chi connectivity index (χ2v) is 4.80. The van der Waals surface area contributed by atoms with E-state index in [4.69, 9.17) is 10.5 Å². The normalized spacial score (nSPS) is 10.4. The first kappa shape index (κ1) is 17.5. The van der Waals surface area contributed by atoms with E-state index in [2.05, 4.69) is 4.74 Å². The Labute approximate surface area is 136 Å². The van der Waals surface area contributed by atoms with Crippen molar-refractivity contribution >= 4 is 17.5 Å². The Bertz CT molecular complexity index is 768. The molecule has 0 aliphatic rings. The summed E-state index contributed by atoms with van der Waals surface area (Å²) in [5, 5.41) is 0. The fourth-order valence-corrected chi connectivity index (χ4v) is 2.14. The fraction of sp³-hybridized carbons (Fsp3) is 0.188. The molecule has 0 saturated heterocycles. The number of ether oxygens (including phenoxy) is 2. The summed E-state index contributed by atoms with van der Waals surface area (Å²) < 4.78 is 50.6. The zero-order valence-electron chi connectivity index (χ0n) is 13.0. The van der Waals surface area contributed by atoms with E-state index in [0.717, 1.165) is 24.1 Å². The molecule has 128 valence electrons. The standard InChI is InChI=1S/C16H15F3N2O3/c1-23-14-6-5-12(18)15(19)10(14)8-21(16(22)24-2)9-3-4-11(17)13(20)7-9/h3-7H,8,20H2,1-2H3. The predicted molar refractivity (Wildman–Crippen MR) is 82.3 cm³/mol.